The van der Waals surface area contributed by atoms with Gasteiger partial charge in [-0.1, -0.05) is 0 Å². The number of anilines is 1. The Bertz CT molecular complexity index is 488. The van der Waals surface area contributed by atoms with Crippen LogP contribution >= 0.6 is 0 Å². The van der Waals surface area contributed by atoms with E-state index in [0.29, 0.717) is 12.1 Å². The SMILES string of the molecule is CNc1ccc(C(=O)N2CC(C)N(C)C(C)C2)cc1C. The fourth-order valence-electron chi connectivity index (χ4n) is 2.83. The number of hydrogen-bond acceptors (Lipinski definition) is 3. The average Bonchev–Trinajstić information content (AvgIpc) is 2.43. The van der Waals surface area contributed by atoms with Crippen molar-refractivity contribution in [1.82, 2.24) is 9.80 Å². The molecule has 1 N–H and O–H groups in total. The largest absolute Gasteiger partial charge is 0.388 e. The van der Waals surface area contributed by atoms with Crippen molar-refractivity contribution in [2.75, 3.05) is 32.5 Å². The Morgan fingerprint density at radius 1 is 1.25 bits per heavy atom. The van der Waals surface area contributed by atoms with Gasteiger partial charge in [-0.05, 0) is 51.6 Å². The zero-order chi connectivity index (χ0) is 14.9. The number of carbonyl (C=O) groups is 1. The van der Waals surface area contributed by atoms with E-state index >= 15 is 0 Å². The standard InChI is InChI=1S/C16H25N3O/c1-11-8-14(6-7-15(11)17-4)16(20)19-9-12(2)18(5)13(3)10-19/h6-8,12-13,17H,9-10H2,1-5H3. The van der Waals surface area contributed by atoms with Crippen LogP contribution in [0.4, 0.5) is 5.69 Å². The van der Waals surface area contributed by atoms with Gasteiger partial charge in [0.15, 0.2) is 0 Å². The maximum atomic E-state index is 12.6. The molecule has 110 valence electrons. The Kier molecular flexibility index (Phi) is 4.33. The molecule has 2 unspecified atom stereocenters. The van der Waals surface area contributed by atoms with Crippen LogP contribution in [0.2, 0.25) is 0 Å². The highest BCUT2D eigenvalue weighted by Crippen LogP contribution is 2.20. The molecule has 1 aliphatic heterocycles. The molecule has 0 radical (unpaired) electrons. The first kappa shape index (κ1) is 14.9. The van der Waals surface area contributed by atoms with Crippen molar-refractivity contribution in [3.05, 3.63) is 29.3 Å². The topological polar surface area (TPSA) is 35.6 Å². The number of aryl methyl sites for hydroxylation is 1. The van der Waals surface area contributed by atoms with Crippen LogP contribution in [0.1, 0.15) is 29.8 Å². The summed E-state index contributed by atoms with van der Waals surface area (Å²) in [6, 6.07) is 6.67. The predicted molar refractivity (Wildman–Crippen MR) is 83.3 cm³/mol. The second kappa shape index (κ2) is 5.83. The molecule has 20 heavy (non-hydrogen) atoms. The smallest absolute Gasteiger partial charge is 0.253 e. The van der Waals surface area contributed by atoms with Crippen LogP contribution < -0.4 is 5.32 Å². The van der Waals surface area contributed by atoms with Crippen LogP contribution in [-0.4, -0.2) is 55.0 Å². The highest BCUT2D eigenvalue weighted by atomic mass is 16.2. The number of benzene rings is 1. The number of likely N-dealkylation sites (N-methyl/N-ethyl adjacent to an activating group) is 1. The number of rotatable bonds is 2. The van der Waals surface area contributed by atoms with Crippen molar-refractivity contribution >= 4 is 11.6 Å². The van der Waals surface area contributed by atoms with Crippen molar-refractivity contribution in [2.45, 2.75) is 32.9 Å². The first-order chi connectivity index (χ1) is 9.43. The van der Waals surface area contributed by atoms with Gasteiger partial charge in [-0.25, -0.2) is 0 Å². The van der Waals surface area contributed by atoms with E-state index in [1.54, 1.807) is 0 Å². The molecule has 1 fully saturated rings. The molecule has 0 spiro atoms. The number of hydrogen-bond donors (Lipinski definition) is 1. The van der Waals surface area contributed by atoms with Crippen molar-refractivity contribution in [2.24, 2.45) is 0 Å². The van der Waals surface area contributed by atoms with Crippen LogP contribution in [0, 0.1) is 6.92 Å². The first-order valence-corrected chi connectivity index (χ1v) is 7.23. The molecule has 1 aromatic rings. The molecule has 1 saturated heterocycles. The highest BCUT2D eigenvalue weighted by molar-refractivity contribution is 5.95. The number of nitrogens with one attached hydrogen (secondary N) is 1. The minimum atomic E-state index is 0.141. The molecular weight excluding hydrogens is 250 g/mol. The summed E-state index contributed by atoms with van der Waals surface area (Å²) in [5.41, 5.74) is 2.96. The fraction of sp³-hybridized carbons (Fsp3) is 0.562. The summed E-state index contributed by atoms with van der Waals surface area (Å²) >= 11 is 0. The van der Waals surface area contributed by atoms with E-state index in [0.717, 1.165) is 29.9 Å². The van der Waals surface area contributed by atoms with Gasteiger partial charge in [-0.2, -0.15) is 0 Å². The van der Waals surface area contributed by atoms with Gasteiger partial charge in [-0.15, -0.1) is 0 Å². The summed E-state index contributed by atoms with van der Waals surface area (Å²) in [6.45, 7) is 7.97. The van der Waals surface area contributed by atoms with Crippen molar-refractivity contribution in [3.8, 4) is 0 Å². The van der Waals surface area contributed by atoms with Gasteiger partial charge in [0.05, 0.1) is 0 Å². The van der Waals surface area contributed by atoms with Crippen molar-refractivity contribution in [1.29, 1.82) is 0 Å². The number of nitrogens with zero attached hydrogens (tertiary/aromatic N) is 2. The lowest BCUT2D eigenvalue weighted by Crippen LogP contribution is -2.56. The normalized spacial score (nSPS) is 23.8. The molecule has 4 heteroatoms. The van der Waals surface area contributed by atoms with E-state index in [2.05, 4.69) is 31.1 Å². The van der Waals surface area contributed by atoms with E-state index in [-0.39, 0.29) is 5.91 Å². The van der Waals surface area contributed by atoms with Gasteiger partial charge in [-0.3, -0.25) is 9.69 Å². The zero-order valence-electron chi connectivity index (χ0n) is 13.1. The first-order valence-electron chi connectivity index (χ1n) is 7.23. The maximum absolute atomic E-state index is 12.6. The lowest BCUT2D eigenvalue weighted by atomic mass is 10.1. The van der Waals surface area contributed by atoms with E-state index in [1.165, 1.54) is 0 Å². The molecule has 1 heterocycles. The Morgan fingerprint density at radius 2 is 1.85 bits per heavy atom. The Morgan fingerprint density at radius 3 is 2.35 bits per heavy atom. The Labute approximate surface area is 121 Å². The summed E-state index contributed by atoms with van der Waals surface area (Å²) in [6.07, 6.45) is 0. The van der Waals surface area contributed by atoms with Crippen LogP contribution in [0.3, 0.4) is 0 Å². The van der Waals surface area contributed by atoms with Gasteiger partial charge in [0.1, 0.15) is 0 Å². The van der Waals surface area contributed by atoms with Crippen LogP contribution in [0.15, 0.2) is 18.2 Å². The van der Waals surface area contributed by atoms with E-state index < -0.39 is 0 Å². The molecule has 1 amide bonds. The fourth-order valence-corrected chi connectivity index (χ4v) is 2.83. The third-order valence-corrected chi connectivity index (χ3v) is 4.39. The third-order valence-electron chi connectivity index (χ3n) is 4.39. The molecule has 0 saturated carbocycles. The maximum Gasteiger partial charge on any atom is 0.253 e. The summed E-state index contributed by atoms with van der Waals surface area (Å²) in [5, 5.41) is 3.13. The second-order valence-electron chi connectivity index (χ2n) is 5.85. The number of carbonyl (C=O) groups excluding carboxylic acids is 1. The van der Waals surface area contributed by atoms with Crippen LogP contribution in [-0.2, 0) is 0 Å². The Hall–Kier alpha value is -1.55. The highest BCUT2D eigenvalue weighted by Gasteiger charge is 2.29. The molecule has 0 aliphatic carbocycles. The minimum Gasteiger partial charge on any atom is -0.388 e. The van der Waals surface area contributed by atoms with Gasteiger partial charge >= 0.3 is 0 Å². The molecule has 1 aromatic carbocycles. The molecule has 0 aromatic heterocycles. The zero-order valence-corrected chi connectivity index (χ0v) is 13.1. The lowest BCUT2D eigenvalue weighted by molar-refractivity contribution is 0.0414. The molecule has 4 nitrogen and oxygen atoms in total. The molecule has 0 bridgehead atoms. The third kappa shape index (κ3) is 2.80. The summed E-state index contributed by atoms with van der Waals surface area (Å²) < 4.78 is 0. The molecule has 1 aliphatic rings. The lowest BCUT2D eigenvalue weighted by Gasteiger charge is -2.42. The van der Waals surface area contributed by atoms with Crippen molar-refractivity contribution < 1.29 is 4.79 Å². The van der Waals surface area contributed by atoms with Crippen molar-refractivity contribution in [3.63, 3.8) is 0 Å². The summed E-state index contributed by atoms with van der Waals surface area (Å²) in [7, 11) is 4.02. The minimum absolute atomic E-state index is 0.141. The average molecular weight is 275 g/mol. The summed E-state index contributed by atoms with van der Waals surface area (Å²) in [5.74, 6) is 0.141. The Balaban J connectivity index is 2.17. The van der Waals surface area contributed by atoms with Gasteiger partial charge in [0, 0.05) is 43.5 Å². The summed E-state index contributed by atoms with van der Waals surface area (Å²) in [4.78, 5) is 16.9. The quantitative estimate of drug-likeness (QED) is 0.899. The molecular formula is C16H25N3O. The molecule has 2 atom stereocenters. The predicted octanol–water partition coefficient (Wildman–Crippen LogP) is 2.20. The monoisotopic (exact) mass is 275 g/mol. The molecule has 2 rings (SSSR count). The number of piperazine rings is 1. The van der Waals surface area contributed by atoms with E-state index in [4.69, 9.17) is 0 Å². The van der Waals surface area contributed by atoms with Crippen LogP contribution in [0.25, 0.3) is 0 Å². The van der Waals surface area contributed by atoms with Gasteiger partial charge in [0.2, 0.25) is 0 Å². The van der Waals surface area contributed by atoms with Crippen LogP contribution in [0.5, 0.6) is 0 Å². The van der Waals surface area contributed by atoms with Gasteiger partial charge in [0.25, 0.3) is 5.91 Å². The second-order valence-corrected chi connectivity index (χ2v) is 5.85. The number of amides is 1. The van der Waals surface area contributed by atoms with E-state index in [1.807, 2.05) is 37.1 Å². The van der Waals surface area contributed by atoms with Gasteiger partial charge < -0.3 is 10.2 Å². The van der Waals surface area contributed by atoms with E-state index in [9.17, 15) is 4.79 Å².